The molecule has 0 spiro atoms. The molecule has 0 amide bonds. The Labute approximate surface area is 117 Å². The lowest BCUT2D eigenvalue weighted by atomic mass is 10.1. The predicted octanol–water partition coefficient (Wildman–Crippen LogP) is 3.34. The molecule has 1 aromatic heterocycles. The summed E-state index contributed by atoms with van der Waals surface area (Å²) in [4.78, 5) is 7.87. The van der Waals surface area contributed by atoms with Crippen LogP contribution in [0.15, 0.2) is 36.4 Å². The van der Waals surface area contributed by atoms with Gasteiger partial charge in [-0.25, -0.2) is 4.98 Å². The first kappa shape index (κ1) is 12.5. The van der Waals surface area contributed by atoms with Crippen LogP contribution in [0.3, 0.4) is 0 Å². The van der Waals surface area contributed by atoms with Crippen LogP contribution in [-0.2, 0) is 6.61 Å². The van der Waals surface area contributed by atoms with Gasteiger partial charge in [0.25, 0.3) is 0 Å². The fraction of sp³-hybridized carbons (Fsp3) is 0.188. The minimum atomic E-state index is 0.376. The molecule has 1 heterocycles. The first-order valence-corrected chi connectivity index (χ1v) is 6.56. The lowest BCUT2D eigenvalue weighted by Gasteiger charge is -2.06. The zero-order valence-corrected chi connectivity index (χ0v) is 11.6. The monoisotopic (exact) mass is 267 g/mol. The minimum Gasteiger partial charge on any atom is -0.484 e. The Morgan fingerprint density at radius 1 is 1.20 bits per heavy atom. The number of anilines is 1. The van der Waals surface area contributed by atoms with E-state index >= 15 is 0 Å². The Morgan fingerprint density at radius 3 is 2.80 bits per heavy atom. The molecule has 20 heavy (non-hydrogen) atoms. The van der Waals surface area contributed by atoms with Gasteiger partial charge in [0.05, 0.1) is 16.7 Å². The molecule has 0 aliphatic heterocycles. The van der Waals surface area contributed by atoms with Crippen molar-refractivity contribution in [2.24, 2.45) is 0 Å². The van der Waals surface area contributed by atoms with Crippen LogP contribution in [-0.4, -0.2) is 9.97 Å². The summed E-state index contributed by atoms with van der Waals surface area (Å²) in [6.45, 7) is 4.52. The van der Waals surface area contributed by atoms with Gasteiger partial charge in [-0.05, 0) is 43.2 Å². The fourth-order valence-corrected chi connectivity index (χ4v) is 2.35. The van der Waals surface area contributed by atoms with Gasteiger partial charge in [-0.1, -0.05) is 18.2 Å². The van der Waals surface area contributed by atoms with Gasteiger partial charge in [-0.2, -0.15) is 0 Å². The first-order valence-electron chi connectivity index (χ1n) is 6.56. The second-order valence-electron chi connectivity index (χ2n) is 4.99. The normalized spacial score (nSPS) is 10.9. The number of fused-ring (bicyclic) bond motifs is 1. The number of benzene rings is 2. The van der Waals surface area contributed by atoms with Crippen LogP contribution < -0.4 is 10.5 Å². The molecule has 0 saturated heterocycles. The summed E-state index contributed by atoms with van der Waals surface area (Å²) in [7, 11) is 0. The maximum Gasteiger partial charge on any atom is 0.146 e. The van der Waals surface area contributed by atoms with Gasteiger partial charge in [0.15, 0.2) is 0 Å². The van der Waals surface area contributed by atoms with Gasteiger partial charge in [0.1, 0.15) is 18.2 Å². The number of aryl methyl sites for hydroxylation is 2. The van der Waals surface area contributed by atoms with Crippen LogP contribution in [0.1, 0.15) is 17.0 Å². The minimum absolute atomic E-state index is 0.376. The number of imidazole rings is 1. The summed E-state index contributed by atoms with van der Waals surface area (Å²) < 4.78 is 5.70. The van der Waals surface area contributed by atoms with Crippen molar-refractivity contribution in [2.75, 3.05) is 5.73 Å². The molecule has 102 valence electrons. The number of aromatic nitrogens is 2. The van der Waals surface area contributed by atoms with E-state index in [-0.39, 0.29) is 0 Å². The average Bonchev–Trinajstić information content (AvgIpc) is 2.81. The van der Waals surface area contributed by atoms with Gasteiger partial charge in [-0.15, -0.1) is 0 Å². The second-order valence-corrected chi connectivity index (χ2v) is 4.99. The highest BCUT2D eigenvalue weighted by Gasteiger charge is 2.07. The van der Waals surface area contributed by atoms with Gasteiger partial charge < -0.3 is 15.5 Å². The van der Waals surface area contributed by atoms with Crippen molar-refractivity contribution >= 4 is 16.7 Å². The number of hydrogen-bond donors (Lipinski definition) is 2. The zero-order chi connectivity index (χ0) is 14.1. The number of nitrogens with one attached hydrogen (secondary N) is 1. The summed E-state index contributed by atoms with van der Waals surface area (Å²) in [6, 6.07) is 11.7. The molecular formula is C16H17N3O. The molecule has 0 unspecified atom stereocenters. The summed E-state index contributed by atoms with van der Waals surface area (Å²) in [5.74, 6) is 1.48. The standard InChI is InChI=1S/C16H17N3O/c1-10-7-11(2)16-13(8-10)18-15(19-16)9-20-14-6-4-3-5-12(14)17/h3-8H,9,17H2,1-2H3,(H,18,19). The smallest absolute Gasteiger partial charge is 0.146 e. The highest BCUT2D eigenvalue weighted by Crippen LogP contribution is 2.22. The molecule has 0 radical (unpaired) electrons. The average molecular weight is 267 g/mol. The van der Waals surface area contributed by atoms with E-state index in [1.807, 2.05) is 24.3 Å². The molecule has 3 rings (SSSR count). The molecule has 3 aromatic rings. The van der Waals surface area contributed by atoms with E-state index in [0.717, 1.165) is 16.9 Å². The highest BCUT2D eigenvalue weighted by molar-refractivity contribution is 5.79. The van der Waals surface area contributed by atoms with E-state index in [9.17, 15) is 0 Å². The van der Waals surface area contributed by atoms with Gasteiger partial charge in [0, 0.05) is 0 Å². The van der Waals surface area contributed by atoms with E-state index in [1.54, 1.807) is 0 Å². The van der Waals surface area contributed by atoms with Crippen molar-refractivity contribution in [1.29, 1.82) is 0 Å². The summed E-state index contributed by atoms with van der Waals surface area (Å²) in [5, 5.41) is 0. The Hall–Kier alpha value is -2.49. The van der Waals surface area contributed by atoms with E-state index in [1.165, 1.54) is 11.1 Å². The number of nitrogens with two attached hydrogens (primary N) is 1. The molecule has 0 atom stereocenters. The zero-order valence-electron chi connectivity index (χ0n) is 11.6. The largest absolute Gasteiger partial charge is 0.484 e. The van der Waals surface area contributed by atoms with Crippen molar-refractivity contribution in [3.8, 4) is 5.75 Å². The molecule has 0 fully saturated rings. The third-order valence-electron chi connectivity index (χ3n) is 3.25. The molecule has 0 bridgehead atoms. The SMILES string of the molecule is Cc1cc(C)c2nc(COc3ccccc3N)[nH]c2c1. The number of aromatic amines is 1. The van der Waals surface area contributed by atoms with Crippen LogP contribution in [0.4, 0.5) is 5.69 Å². The van der Waals surface area contributed by atoms with Crippen LogP contribution in [0, 0.1) is 13.8 Å². The van der Waals surface area contributed by atoms with Crippen LogP contribution >= 0.6 is 0 Å². The quantitative estimate of drug-likeness (QED) is 0.715. The van der Waals surface area contributed by atoms with Gasteiger partial charge >= 0.3 is 0 Å². The molecule has 2 aromatic carbocycles. The summed E-state index contributed by atoms with van der Waals surface area (Å²) in [5.41, 5.74) is 10.9. The van der Waals surface area contributed by atoms with Crippen LogP contribution in [0.5, 0.6) is 5.75 Å². The van der Waals surface area contributed by atoms with E-state index < -0.39 is 0 Å². The number of para-hydroxylation sites is 2. The van der Waals surface area contributed by atoms with Crippen molar-refractivity contribution in [3.63, 3.8) is 0 Å². The van der Waals surface area contributed by atoms with Crippen molar-refractivity contribution < 1.29 is 4.74 Å². The Morgan fingerprint density at radius 2 is 2.00 bits per heavy atom. The van der Waals surface area contributed by atoms with Gasteiger partial charge in [-0.3, -0.25) is 0 Å². The summed E-state index contributed by atoms with van der Waals surface area (Å²) in [6.07, 6.45) is 0. The number of nitrogen functional groups attached to an aromatic ring is 1. The second kappa shape index (κ2) is 4.89. The summed E-state index contributed by atoms with van der Waals surface area (Å²) >= 11 is 0. The lowest BCUT2D eigenvalue weighted by molar-refractivity contribution is 0.299. The first-order chi connectivity index (χ1) is 9.63. The predicted molar refractivity (Wildman–Crippen MR) is 80.8 cm³/mol. The third kappa shape index (κ3) is 2.32. The van der Waals surface area contributed by atoms with Crippen molar-refractivity contribution in [1.82, 2.24) is 9.97 Å². The number of rotatable bonds is 3. The lowest BCUT2D eigenvalue weighted by Crippen LogP contribution is -1.99. The van der Waals surface area contributed by atoms with E-state index in [4.69, 9.17) is 10.5 Å². The maximum absolute atomic E-state index is 5.85. The molecule has 0 saturated carbocycles. The topological polar surface area (TPSA) is 63.9 Å². The molecular weight excluding hydrogens is 250 g/mol. The van der Waals surface area contributed by atoms with Crippen LogP contribution in [0.2, 0.25) is 0 Å². The number of hydrogen-bond acceptors (Lipinski definition) is 3. The maximum atomic E-state index is 5.85. The van der Waals surface area contributed by atoms with E-state index in [2.05, 4.69) is 35.9 Å². The Bertz CT molecular complexity index is 762. The van der Waals surface area contributed by atoms with E-state index in [0.29, 0.717) is 18.0 Å². The molecule has 4 heteroatoms. The molecule has 3 N–H and O–H groups in total. The van der Waals surface area contributed by atoms with Crippen LogP contribution in [0.25, 0.3) is 11.0 Å². The van der Waals surface area contributed by atoms with Gasteiger partial charge in [0.2, 0.25) is 0 Å². The third-order valence-corrected chi connectivity index (χ3v) is 3.25. The fourth-order valence-electron chi connectivity index (χ4n) is 2.35. The Kier molecular flexibility index (Phi) is 3.06. The van der Waals surface area contributed by atoms with Crippen molar-refractivity contribution in [3.05, 3.63) is 53.3 Å². The molecule has 0 aliphatic carbocycles. The molecule has 0 aliphatic rings. The number of ether oxygens (including phenoxy) is 1. The van der Waals surface area contributed by atoms with Crippen molar-refractivity contribution in [2.45, 2.75) is 20.5 Å². The Balaban J connectivity index is 1.85. The number of H-pyrrole nitrogens is 1. The molecule has 4 nitrogen and oxygen atoms in total. The number of nitrogens with zero attached hydrogens (tertiary/aromatic N) is 1. The highest BCUT2D eigenvalue weighted by atomic mass is 16.5.